The van der Waals surface area contributed by atoms with Crippen LogP contribution in [0.1, 0.15) is 22.5 Å². The number of hydrogen-bond donors (Lipinski definition) is 2. The van der Waals surface area contributed by atoms with Gasteiger partial charge in [0.2, 0.25) is 5.91 Å². The van der Waals surface area contributed by atoms with Crippen molar-refractivity contribution in [3.63, 3.8) is 0 Å². The maximum absolute atomic E-state index is 11.8. The first kappa shape index (κ1) is 14.5. The van der Waals surface area contributed by atoms with Gasteiger partial charge in [-0.3, -0.25) is 4.79 Å². The van der Waals surface area contributed by atoms with Gasteiger partial charge in [0, 0.05) is 23.1 Å². The molecular weight excluding hydrogens is 278 g/mol. The molecule has 1 amide bonds. The van der Waals surface area contributed by atoms with E-state index in [-0.39, 0.29) is 18.9 Å². The van der Waals surface area contributed by atoms with Crippen LogP contribution in [-0.4, -0.2) is 30.7 Å². The maximum Gasteiger partial charge on any atom is 0.350 e. The number of amides is 1. The van der Waals surface area contributed by atoms with E-state index in [1.54, 1.807) is 0 Å². The molecule has 2 N–H and O–H groups in total. The van der Waals surface area contributed by atoms with E-state index >= 15 is 0 Å². The van der Waals surface area contributed by atoms with E-state index in [1.807, 2.05) is 24.3 Å². The zero-order valence-corrected chi connectivity index (χ0v) is 11.8. The molecule has 0 fully saturated rings. The molecule has 6 heteroatoms. The van der Waals surface area contributed by atoms with Gasteiger partial charge in [0.1, 0.15) is 4.88 Å². The largest absolute Gasteiger partial charge is 0.465 e. The number of hydrogen-bond acceptors (Lipinski definition) is 5. The number of anilines is 1. The monoisotopic (exact) mass is 293 g/mol. The first-order valence-corrected chi connectivity index (χ1v) is 6.99. The molecule has 5 nitrogen and oxygen atoms in total. The maximum atomic E-state index is 11.8. The number of esters is 1. The minimum Gasteiger partial charge on any atom is -0.465 e. The van der Waals surface area contributed by atoms with Crippen molar-refractivity contribution in [1.82, 2.24) is 0 Å². The predicted octanol–water partition coefficient (Wildman–Crippen LogP) is 2.40. The van der Waals surface area contributed by atoms with E-state index in [2.05, 4.69) is 5.32 Å². The zero-order valence-electron chi connectivity index (χ0n) is 11.0. The van der Waals surface area contributed by atoms with Crippen molar-refractivity contribution in [2.45, 2.75) is 12.8 Å². The number of aliphatic hydroxyl groups excluding tert-OH is 1. The van der Waals surface area contributed by atoms with Gasteiger partial charge in [-0.2, -0.15) is 0 Å². The van der Waals surface area contributed by atoms with Crippen LogP contribution in [0.25, 0.3) is 10.1 Å². The Labute approximate surface area is 120 Å². The Kier molecular flexibility index (Phi) is 4.70. The van der Waals surface area contributed by atoms with E-state index in [0.717, 1.165) is 10.1 Å². The number of aliphatic hydroxyl groups is 1. The number of ether oxygens (including phenoxy) is 1. The van der Waals surface area contributed by atoms with Gasteiger partial charge in [-0.25, -0.2) is 4.79 Å². The standard InChI is InChI=1S/C14H15NO4S/c1-19-14(18)13-12(15-11(17)7-4-8-16)9-5-2-3-6-10(9)20-13/h2-3,5-6,16H,4,7-8H2,1H3,(H,15,17). The van der Waals surface area contributed by atoms with Gasteiger partial charge in [-0.05, 0) is 12.5 Å². The van der Waals surface area contributed by atoms with E-state index in [4.69, 9.17) is 9.84 Å². The predicted molar refractivity (Wildman–Crippen MR) is 78.1 cm³/mol. The summed E-state index contributed by atoms with van der Waals surface area (Å²) in [4.78, 5) is 24.0. The summed E-state index contributed by atoms with van der Waals surface area (Å²) in [6.07, 6.45) is 0.600. The summed E-state index contributed by atoms with van der Waals surface area (Å²) in [5.74, 6) is -0.698. The molecule has 0 radical (unpaired) electrons. The van der Waals surface area contributed by atoms with Gasteiger partial charge in [-0.1, -0.05) is 18.2 Å². The third-order valence-corrected chi connectivity index (χ3v) is 3.94. The molecule has 0 aliphatic heterocycles. The number of carbonyl (C=O) groups excluding carboxylic acids is 2. The molecule has 0 saturated carbocycles. The third kappa shape index (κ3) is 2.97. The lowest BCUT2D eigenvalue weighted by molar-refractivity contribution is -0.116. The fraction of sp³-hybridized carbons (Fsp3) is 0.286. The Bertz CT molecular complexity index is 635. The molecule has 2 rings (SSSR count). The van der Waals surface area contributed by atoms with Crippen LogP contribution < -0.4 is 5.32 Å². The van der Waals surface area contributed by atoms with Crippen molar-refractivity contribution in [2.75, 3.05) is 19.0 Å². The van der Waals surface area contributed by atoms with Crippen LogP contribution in [0.15, 0.2) is 24.3 Å². The minimum absolute atomic E-state index is 0.0400. The minimum atomic E-state index is -0.469. The fourth-order valence-electron chi connectivity index (χ4n) is 1.85. The second-order valence-electron chi connectivity index (χ2n) is 4.17. The Morgan fingerprint density at radius 1 is 1.35 bits per heavy atom. The topological polar surface area (TPSA) is 75.6 Å². The average molecular weight is 293 g/mol. The third-order valence-electron chi connectivity index (χ3n) is 2.79. The fourth-order valence-corrected chi connectivity index (χ4v) is 2.92. The normalized spacial score (nSPS) is 10.5. The highest BCUT2D eigenvalue weighted by Gasteiger charge is 2.20. The zero-order chi connectivity index (χ0) is 14.5. The highest BCUT2D eigenvalue weighted by atomic mass is 32.1. The smallest absolute Gasteiger partial charge is 0.350 e. The summed E-state index contributed by atoms with van der Waals surface area (Å²) in [7, 11) is 1.31. The molecule has 0 atom stereocenters. The molecule has 0 bridgehead atoms. The molecule has 1 aromatic heterocycles. The Balaban J connectivity index is 2.38. The van der Waals surface area contributed by atoms with Crippen LogP contribution >= 0.6 is 11.3 Å². The number of methoxy groups -OCH3 is 1. The molecule has 1 aromatic carbocycles. The first-order chi connectivity index (χ1) is 9.67. The van der Waals surface area contributed by atoms with Crippen LogP contribution in [0.2, 0.25) is 0 Å². The molecule has 20 heavy (non-hydrogen) atoms. The highest BCUT2D eigenvalue weighted by molar-refractivity contribution is 7.21. The molecule has 0 aliphatic rings. The average Bonchev–Trinajstić information content (AvgIpc) is 2.83. The Morgan fingerprint density at radius 3 is 2.80 bits per heavy atom. The molecule has 2 aromatic rings. The van der Waals surface area contributed by atoms with Crippen molar-refractivity contribution < 1.29 is 19.4 Å². The van der Waals surface area contributed by atoms with Crippen molar-refractivity contribution in [3.8, 4) is 0 Å². The lowest BCUT2D eigenvalue weighted by Gasteiger charge is -2.06. The summed E-state index contributed by atoms with van der Waals surface area (Å²) in [5, 5.41) is 12.3. The Morgan fingerprint density at radius 2 is 2.10 bits per heavy atom. The van der Waals surface area contributed by atoms with Gasteiger partial charge in [-0.15, -0.1) is 11.3 Å². The SMILES string of the molecule is COC(=O)c1sc2ccccc2c1NC(=O)CCCO. The van der Waals surface area contributed by atoms with Crippen molar-refractivity contribution in [1.29, 1.82) is 0 Å². The van der Waals surface area contributed by atoms with Crippen LogP contribution in [0.5, 0.6) is 0 Å². The Hall–Kier alpha value is -1.92. The lowest BCUT2D eigenvalue weighted by atomic mass is 10.2. The number of carbonyl (C=O) groups is 2. The van der Waals surface area contributed by atoms with Gasteiger partial charge < -0.3 is 15.2 Å². The quantitative estimate of drug-likeness (QED) is 0.830. The number of fused-ring (bicyclic) bond motifs is 1. The summed E-state index contributed by atoms with van der Waals surface area (Å²) in [6, 6.07) is 7.45. The highest BCUT2D eigenvalue weighted by Crippen LogP contribution is 2.36. The van der Waals surface area contributed by atoms with Crippen LogP contribution in [0.3, 0.4) is 0 Å². The van der Waals surface area contributed by atoms with Crippen LogP contribution in [0.4, 0.5) is 5.69 Å². The van der Waals surface area contributed by atoms with Crippen molar-refractivity contribution in [3.05, 3.63) is 29.1 Å². The van der Waals surface area contributed by atoms with Crippen LogP contribution in [-0.2, 0) is 9.53 Å². The molecule has 0 saturated heterocycles. The lowest BCUT2D eigenvalue weighted by Crippen LogP contribution is -2.14. The second-order valence-corrected chi connectivity index (χ2v) is 5.22. The summed E-state index contributed by atoms with van der Waals surface area (Å²) in [6.45, 7) is -0.0400. The van der Waals surface area contributed by atoms with Gasteiger partial charge >= 0.3 is 5.97 Å². The molecule has 0 unspecified atom stereocenters. The van der Waals surface area contributed by atoms with Crippen molar-refractivity contribution >= 4 is 39.0 Å². The van der Waals surface area contributed by atoms with Gasteiger partial charge in [0.15, 0.2) is 0 Å². The van der Waals surface area contributed by atoms with E-state index < -0.39 is 5.97 Å². The number of rotatable bonds is 5. The van der Waals surface area contributed by atoms with Gasteiger partial charge in [0.25, 0.3) is 0 Å². The second kappa shape index (κ2) is 6.49. The molecule has 0 aliphatic carbocycles. The molecule has 1 heterocycles. The summed E-state index contributed by atoms with van der Waals surface area (Å²) < 4.78 is 5.66. The summed E-state index contributed by atoms with van der Waals surface area (Å²) in [5.41, 5.74) is 0.486. The van der Waals surface area contributed by atoms with E-state index in [9.17, 15) is 9.59 Å². The summed E-state index contributed by atoms with van der Waals surface area (Å²) >= 11 is 1.28. The van der Waals surface area contributed by atoms with Crippen LogP contribution in [0, 0.1) is 0 Å². The number of nitrogens with one attached hydrogen (secondary N) is 1. The van der Waals surface area contributed by atoms with E-state index in [0.29, 0.717) is 17.0 Å². The number of thiophene rings is 1. The molecule has 106 valence electrons. The molecular formula is C14H15NO4S. The first-order valence-electron chi connectivity index (χ1n) is 6.18. The number of benzene rings is 1. The van der Waals surface area contributed by atoms with Crippen molar-refractivity contribution in [2.24, 2.45) is 0 Å². The molecule has 0 spiro atoms. The van der Waals surface area contributed by atoms with Gasteiger partial charge in [0.05, 0.1) is 12.8 Å². The van der Waals surface area contributed by atoms with E-state index in [1.165, 1.54) is 18.4 Å².